The number of halogens is 2. The summed E-state index contributed by atoms with van der Waals surface area (Å²) in [6.07, 6.45) is 0. The minimum atomic E-state index is -0.522. The van der Waals surface area contributed by atoms with E-state index >= 15 is 0 Å². The van der Waals surface area contributed by atoms with Crippen molar-refractivity contribution in [1.82, 2.24) is 5.32 Å². The van der Waals surface area contributed by atoms with Crippen LogP contribution in [0.1, 0.15) is 25.5 Å². The first-order valence-corrected chi connectivity index (χ1v) is 5.52. The van der Waals surface area contributed by atoms with Gasteiger partial charge in [-0.05, 0) is 31.5 Å². The minimum absolute atomic E-state index is 0.0857. The van der Waals surface area contributed by atoms with Crippen molar-refractivity contribution in [2.45, 2.75) is 25.3 Å². The van der Waals surface area contributed by atoms with Crippen molar-refractivity contribution in [3.05, 3.63) is 34.9 Å². The average molecular weight is 246 g/mol. The molecule has 1 amide bonds. The first-order chi connectivity index (χ1) is 7.00. The summed E-state index contributed by atoms with van der Waals surface area (Å²) in [5, 5.41) is 2.93. The molecule has 0 saturated carbocycles. The maximum atomic E-state index is 11.3. The maximum absolute atomic E-state index is 11.3. The summed E-state index contributed by atoms with van der Waals surface area (Å²) in [6.45, 7) is 3.53. The van der Waals surface area contributed by atoms with E-state index in [0.717, 1.165) is 5.56 Å². The fraction of sp³-hybridized carbons (Fsp3) is 0.364. The second-order valence-corrected chi connectivity index (χ2v) is 4.49. The van der Waals surface area contributed by atoms with Gasteiger partial charge in [0, 0.05) is 5.02 Å². The van der Waals surface area contributed by atoms with Gasteiger partial charge in [-0.2, -0.15) is 0 Å². The molecule has 0 fully saturated rings. The molecule has 1 unspecified atom stereocenters. The number of benzene rings is 1. The zero-order valence-electron chi connectivity index (χ0n) is 8.63. The molecule has 2 atom stereocenters. The molecule has 15 heavy (non-hydrogen) atoms. The number of carbonyl (C=O) groups is 1. The molecule has 1 rings (SSSR count). The van der Waals surface area contributed by atoms with Crippen molar-refractivity contribution >= 4 is 29.1 Å². The van der Waals surface area contributed by atoms with Gasteiger partial charge in [-0.1, -0.05) is 23.7 Å². The van der Waals surface area contributed by atoms with Crippen molar-refractivity contribution < 1.29 is 4.79 Å². The average Bonchev–Trinajstić information content (AvgIpc) is 2.17. The summed E-state index contributed by atoms with van der Waals surface area (Å²) in [5.41, 5.74) is 0.966. The molecule has 82 valence electrons. The Morgan fingerprint density at radius 2 is 2.07 bits per heavy atom. The van der Waals surface area contributed by atoms with Crippen LogP contribution >= 0.6 is 23.2 Å². The molecule has 1 aromatic rings. The van der Waals surface area contributed by atoms with E-state index in [1.54, 1.807) is 13.0 Å². The van der Waals surface area contributed by atoms with Crippen LogP contribution < -0.4 is 5.32 Å². The van der Waals surface area contributed by atoms with Crippen LogP contribution in [0, 0.1) is 0 Å². The largest absolute Gasteiger partial charge is 0.348 e. The van der Waals surface area contributed by atoms with Crippen LogP contribution in [0.2, 0.25) is 5.02 Å². The van der Waals surface area contributed by atoms with Crippen molar-refractivity contribution in [3.8, 4) is 0 Å². The van der Waals surface area contributed by atoms with Crippen LogP contribution in [0.5, 0.6) is 0 Å². The van der Waals surface area contributed by atoms with Crippen LogP contribution in [0.25, 0.3) is 0 Å². The highest BCUT2D eigenvalue weighted by Gasteiger charge is 2.13. The zero-order valence-corrected chi connectivity index (χ0v) is 10.1. The minimum Gasteiger partial charge on any atom is -0.348 e. The summed E-state index contributed by atoms with van der Waals surface area (Å²) < 4.78 is 0. The quantitative estimate of drug-likeness (QED) is 0.815. The van der Waals surface area contributed by atoms with Crippen LogP contribution in [0.15, 0.2) is 24.3 Å². The summed E-state index contributed by atoms with van der Waals surface area (Å²) in [5.74, 6) is -0.177. The highest BCUT2D eigenvalue weighted by molar-refractivity contribution is 6.31. The molecule has 1 aromatic carbocycles. The Hall–Kier alpha value is -0.730. The third kappa shape index (κ3) is 3.73. The predicted molar refractivity (Wildman–Crippen MR) is 63.3 cm³/mol. The SMILES string of the molecule is CC(Cl)C(=O)N[C@@H](C)c1cccc(Cl)c1. The van der Waals surface area contributed by atoms with Crippen molar-refractivity contribution in [3.63, 3.8) is 0 Å². The van der Waals surface area contributed by atoms with Gasteiger partial charge in [0.15, 0.2) is 0 Å². The van der Waals surface area contributed by atoms with E-state index in [9.17, 15) is 4.79 Å². The fourth-order valence-electron chi connectivity index (χ4n) is 1.19. The van der Waals surface area contributed by atoms with Gasteiger partial charge >= 0.3 is 0 Å². The van der Waals surface area contributed by atoms with E-state index in [1.807, 2.05) is 25.1 Å². The van der Waals surface area contributed by atoms with E-state index in [1.165, 1.54) is 0 Å². The van der Waals surface area contributed by atoms with Crippen molar-refractivity contribution in [2.24, 2.45) is 0 Å². The third-order valence-corrected chi connectivity index (χ3v) is 2.50. The molecular weight excluding hydrogens is 233 g/mol. The fourth-order valence-corrected chi connectivity index (χ4v) is 1.45. The van der Waals surface area contributed by atoms with Gasteiger partial charge in [-0.15, -0.1) is 11.6 Å². The number of hydrogen-bond donors (Lipinski definition) is 1. The van der Waals surface area contributed by atoms with Gasteiger partial charge < -0.3 is 5.32 Å². The maximum Gasteiger partial charge on any atom is 0.238 e. The Balaban J connectivity index is 2.69. The number of amides is 1. The Morgan fingerprint density at radius 3 is 2.60 bits per heavy atom. The molecule has 1 N–H and O–H groups in total. The molecule has 0 aromatic heterocycles. The van der Waals surface area contributed by atoms with Crippen LogP contribution in [0.4, 0.5) is 0 Å². The molecule has 0 spiro atoms. The van der Waals surface area contributed by atoms with E-state index in [-0.39, 0.29) is 11.9 Å². The number of rotatable bonds is 3. The zero-order chi connectivity index (χ0) is 11.4. The van der Waals surface area contributed by atoms with Crippen molar-refractivity contribution in [2.75, 3.05) is 0 Å². The number of nitrogens with one attached hydrogen (secondary N) is 1. The third-order valence-electron chi connectivity index (χ3n) is 2.07. The lowest BCUT2D eigenvalue weighted by molar-refractivity contribution is -0.121. The Bertz CT molecular complexity index is 352. The normalized spacial score (nSPS) is 14.4. The molecule has 0 saturated heterocycles. The lowest BCUT2D eigenvalue weighted by atomic mass is 10.1. The lowest BCUT2D eigenvalue weighted by Crippen LogP contribution is -2.31. The standard InChI is InChI=1S/C11H13Cl2NO/c1-7(12)11(15)14-8(2)9-4-3-5-10(13)6-9/h3-8H,1-2H3,(H,14,15)/t7?,8-/m0/s1. The van der Waals surface area contributed by atoms with Crippen molar-refractivity contribution in [1.29, 1.82) is 0 Å². The molecule has 0 bridgehead atoms. The van der Waals surface area contributed by atoms with E-state index < -0.39 is 5.38 Å². The van der Waals surface area contributed by atoms with Crippen LogP contribution in [-0.4, -0.2) is 11.3 Å². The Labute approximate surface area is 99.6 Å². The highest BCUT2D eigenvalue weighted by Crippen LogP contribution is 2.17. The first kappa shape index (κ1) is 12.3. The Kier molecular flexibility index (Phi) is 4.43. The van der Waals surface area contributed by atoms with Gasteiger partial charge in [0.05, 0.1) is 6.04 Å². The molecule has 0 aliphatic heterocycles. The van der Waals surface area contributed by atoms with E-state index in [2.05, 4.69) is 5.32 Å². The Morgan fingerprint density at radius 1 is 1.40 bits per heavy atom. The summed E-state index contributed by atoms with van der Waals surface area (Å²) in [7, 11) is 0. The topological polar surface area (TPSA) is 29.1 Å². The van der Waals surface area contributed by atoms with Crippen LogP contribution in [0.3, 0.4) is 0 Å². The van der Waals surface area contributed by atoms with Gasteiger partial charge in [-0.3, -0.25) is 4.79 Å². The molecule has 0 radical (unpaired) electrons. The van der Waals surface area contributed by atoms with E-state index in [0.29, 0.717) is 5.02 Å². The molecule has 0 aliphatic carbocycles. The van der Waals surface area contributed by atoms with Gasteiger partial charge in [0.1, 0.15) is 5.38 Å². The second kappa shape index (κ2) is 5.38. The first-order valence-electron chi connectivity index (χ1n) is 4.70. The van der Waals surface area contributed by atoms with Gasteiger partial charge in [-0.25, -0.2) is 0 Å². The van der Waals surface area contributed by atoms with E-state index in [4.69, 9.17) is 23.2 Å². The number of hydrogen-bond acceptors (Lipinski definition) is 1. The predicted octanol–water partition coefficient (Wildman–Crippen LogP) is 3.14. The smallest absolute Gasteiger partial charge is 0.238 e. The van der Waals surface area contributed by atoms with Crippen LogP contribution in [-0.2, 0) is 4.79 Å². The molecular formula is C11H13Cl2NO. The summed E-state index contributed by atoms with van der Waals surface area (Å²) in [4.78, 5) is 11.3. The molecule has 0 heterocycles. The molecule has 2 nitrogen and oxygen atoms in total. The van der Waals surface area contributed by atoms with Gasteiger partial charge in [0.25, 0.3) is 0 Å². The molecule has 4 heteroatoms. The highest BCUT2D eigenvalue weighted by atomic mass is 35.5. The lowest BCUT2D eigenvalue weighted by Gasteiger charge is -2.15. The summed E-state index contributed by atoms with van der Waals surface area (Å²) >= 11 is 11.5. The summed E-state index contributed by atoms with van der Waals surface area (Å²) in [6, 6.07) is 7.30. The number of carbonyl (C=O) groups excluding carboxylic acids is 1. The number of alkyl halides is 1. The molecule has 0 aliphatic rings. The monoisotopic (exact) mass is 245 g/mol. The van der Waals surface area contributed by atoms with Gasteiger partial charge in [0.2, 0.25) is 5.91 Å². The second-order valence-electron chi connectivity index (χ2n) is 3.40.